The smallest absolute Gasteiger partial charge is 0.256 e. The quantitative estimate of drug-likeness (QED) is 0.383. The normalized spacial score (nSPS) is 16.2. The summed E-state index contributed by atoms with van der Waals surface area (Å²) in [5.74, 6) is -0.0496. The Hall–Kier alpha value is -2.11. The first-order valence-electron chi connectivity index (χ1n) is 7.24. The molecule has 1 aliphatic rings. The van der Waals surface area contributed by atoms with Crippen LogP contribution in [0.5, 0.6) is 0 Å². The highest BCUT2D eigenvalue weighted by atomic mass is 16.4. The summed E-state index contributed by atoms with van der Waals surface area (Å²) in [5, 5.41) is 11.8. The van der Waals surface area contributed by atoms with Crippen molar-refractivity contribution < 1.29 is 10.0 Å². The van der Waals surface area contributed by atoms with E-state index in [0.717, 1.165) is 31.4 Å². The third-order valence-electron chi connectivity index (χ3n) is 3.94. The number of hydrogen-bond acceptors (Lipinski definition) is 4. The maximum atomic E-state index is 12.8. The van der Waals surface area contributed by atoms with E-state index in [2.05, 4.69) is 10.1 Å². The van der Waals surface area contributed by atoms with Crippen LogP contribution in [-0.4, -0.2) is 39.4 Å². The number of amidine groups is 1. The van der Waals surface area contributed by atoms with Crippen LogP contribution in [0.2, 0.25) is 0 Å². The molecule has 1 fully saturated rings. The summed E-state index contributed by atoms with van der Waals surface area (Å²) in [6.07, 6.45) is 4.14. The van der Waals surface area contributed by atoms with Crippen LogP contribution in [-0.2, 0) is 0 Å². The van der Waals surface area contributed by atoms with E-state index in [4.69, 9.17) is 10.9 Å². The molecule has 3 N–H and O–H groups in total. The summed E-state index contributed by atoms with van der Waals surface area (Å²) >= 11 is 0. The van der Waals surface area contributed by atoms with Crippen molar-refractivity contribution in [2.75, 3.05) is 6.54 Å². The summed E-state index contributed by atoms with van der Waals surface area (Å²) in [6, 6.07) is 3.78. The molecule has 114 valence electrons. The van der Waals surface area contributed by atoms with Crippen LogP contribution < -0.4 is 5.73 Å². The number of pyridine rings is 1. The molecule has 1 saturated carbocycles. The van der Waals surface area contributed by atoms with Gasteiger partial charge in [0.05, 0.1) is 17.8 Å². The topological polar surface area (TPSA) is 91.8 Å². The van der Waals surface area contributed by atoms with Crippen LogP contribution in [0.4, 0.5) is 0 Å². The lowest BCUT2D eigenvalue weighted by Gasteiger charge is -2.29. The Labute approximate surface area is 124 Å². The van der Waals surface area contributed by atoms with Crippen LogP contribution in [0.15, 0.2) is 17.3 Å². The highest BCUT2D eigenvalue weighted by Crippen LogP contribution is 2.25. The molecule has 0 spiro atoms. The minimum atomic E-state index is -0.0986. The predicted molar refractivity (Wildman–Crippen MR) is 80.4 cm³/mol. The first-order valence-corrected chi connectivity index (χ1v) is 7.24. The van der Waals surface area contributed by atoms with Crippen molar-refractivity contribution >= 4 is 11.7 Å². The maximum Gasteiger partial charge on any atom is 0.256 e. The van der Waals surface area contributed by atoms with E-state index in [-0.39, 0.29) is 24.3 Å². The Morgan fingerprint density at radius 2 is 2.10 bits per heavy atom. The molecule has 6 nitrogen and oxygen atoms in total. The van der Waals surface area contributed by atoms with E-state index in [0.29, 0.717) is 11.3 Å². The number of rotatable bonds is 4. The van der Waals surface area contributed by atoms with Crippen LogP contribution in [0.1, 0.15) is 47.4 Å². The fourth-order valence-electron chi connectivity index (χ4n) is 2.86. The second-order valence-electron chi connectivity index (χ2n) is 5.55. The number of nitrogens with two attached hydrogens (primary N) is 1. The molecule has 0 aliphatic heterocycles. The van der Waals surface area contributed by atoms with Crippen molar-refractivity contribution in [3.05, 3.63) is 29.1 Å². The van der Waals surface area contributed by atoms with Crippen molar-refractivity contribution in [1.29, 1.82) is 0 Å². The number of hydrogen-bond donors (Lipinski definition) is 2. The molecule has 0 unspecified atom stereocenters. The summed E-state index contributed by atoms with van der Waals surface area (Å²) in [6.45, 7) is 3.87. The van der Waals surface area contributed by atoms with Gasteiger partial charge in [-0.1, -0.05) is 18.0 Å². The number of amides is 1. The summed E-state index contributed by atoms with van der Waals surface area (Å²) in [7, 11) is 0. The van der Waals surface area contributed by atoms with Gasteiger partial charge >= 0.3 is 0 Å². The van der Waals surface area contributed by atoms with Gasteiger partial charge in [-0.15, -0.1) is 0 Å². The second kappa shape index (κ2) is 6.56. The third-order valence-corrected chi connectivity index (χ3v) is 3.94. The number of aryl methyl sites for hydroxylation is 2. The average molecular weight is 290 g/mol. The van der Waals surface area contributed by atoms with Crippen molar-refractivity contribution in [2.24, 2.45) is 10.9 Å². The van der Waals surface area contributed by atoms with Gasteiger partial charge in [0.25, 0.3) is 5.91 Å². The third kappa shape index (κ3) is 3.51. The zero-order chi connectivity index (χ0) is 15.4. The molecule has 0 aromatic carbocycles. The van der Waals surface area contributed by atoms with E-state index in [1.54, 1.807) is 11.0 Å². The fraction of sp³-hybridized carbons (Fsp3) is 0.533. The summed E-state index contributed by atoms with van der Waals surface area (Å²) in [5.41, 5.74) is 7.78. The molecule has 2 rings (SSSR count). The lowest BCUT2D eigenvalue weighted by Crippen LogP contribution is -2.44. The van der Waals surface area contributed by atoms with Gasteiger partial charge in [0.15, 0.2) is 5.84 Å². The van der Waals surface area contributed by atoms with E-state index in [1.165, 1.54) is 0 Å². The van der Waals surface area contributed by atoms with Crippen LogP contribution in [0.3, 0.4) is 0 Å². The molecule has 0 atom stereocenters. The van der Waals surface area contributed by atoms with Gasteiger partial charge in [0.1, 0.15) is 0 Å². The van der Waals surface area contributed by atoms with Crippen molar-refractivity contribution in [3.63, 3.8) is 0 Å². The Morgan fingerprint density at radius 1 is 1.43 bits per heavy atom. The first kappa shape index (κ1) is 15.3. The Bertz CT molecular complexity index is 551. The summed E-state index contributed by atoms with van der Waals surface area (Å²) < 4.78 is 0. The molecule has 1 aromatic heterocycles. The lowest BCUT2D eigenvalue weighted by atomic mass is 10.1. The van der Waals surface area contributed by atoms with Gasteiger partial charge in [0.2, 0.25) is 0 Å². The lowest BCUT2D eigenvalue weighted by molar-refractivity contribution is 0.0711. The van der Waals surface area contributed by atoms with Crippen LogP contribution in [0.25, 0.3) is 0 Å². The SMILES string of the molecule is Cc1ccc(C(=O)N(CC(N)=NO)C2CCCC2)c(C)n1. The number of carbonyl (C=O) groups excluding carboxylic acids is 1. The second-order valence-corrected chi connectivity index (χ2v) is 5.55. The molecule has 21 heavy (non-hydrogen) atoms. The number of oxime groups is 1. The number of aromatic nitrogens is 1. The molecule has 0 bridgehead atoms. The van der Waals surface area contributed by atoms with Gasteiger partial charge < -0.3 is 15.8 Å². The van der Waals surface area contributed by atoms with Gasteiger partial charge in [-0.05, 0) is 38.8 Å². The predicted octanol–water partition coefficient (Wildman–Crippen LogP) is 1.83. The zero-order valence-corrected chi connectivity index (χ0v) is 12.5. The fourth-order valence-corrected chi connectivity index (χ4v) is 2.86. The molecule has 6 heteroatoms. The molecular formula is C15H22N4O2. The molecule has 1 aromatic rings. The van der Waals surface area contributed by atoms with E-state index in [9.17, 15) is 4.79 Å². The monoisotopic (exact) mass is 290 g/mol. The Kier molecular flexibility index (Phi) is 4.77. The molecule has 1 amide bonds. The molecule has 0 saturated heterocycles. The van der Waals surface area contributed by atoms with Crippen molar-refractivity contribution in [2.45, 2.75) is 45.6 Å². The number of nitrogens with zero attached hydrogens (tertiary/aromatic N) is 3. The highest BCUT2D eigenvalue weighted by molar-refractivity contribution is 5.98. The van der Waals surface area contributed by atoms with Gasteiger partial charge in [-0.25, -0.2) is 0 Å². The van der Waals surface area contributed by atoms with Crippen molar-refractivity contribution in [3.8, 4) is 0 Å². The van der Waals surface area contributed by atoms with Gasteiger partial charge in [-0.3, -0.25) is 9.78 Å². The standard InChI is InChI=1S/C15H22N4O2/c1-10-7-8-13(11(2)17-10)15(20)19(9-14(16)18-21)12-5-3-4-6-12/h7-8,12,21H,3-6,9H2,1-2H3,(H2,16,18). The number of carbonyl (C=O) groups is 1. The van der Waals surface area contributed by atoms with E-state index >= 15 is 0 Å². The zero-order valence-electron chi connectivity index (χ0n) is 12.5. The minimum Gasteiger partial charge on any atom is -0.409 e. The molecule has 1 aliphatic carbocycles. The van der Waals surface area contributed by atoms with Crippen LogP contribution in [0, 0.1) is 13.8 Å². The van der Waals surface area contributed by atoms with E-state index < -0.39 is 0 Å². The van der Waals surface area contributed by atoms with Gasteiger partial charge in [-0.2, -0.15) is 0 Å². The molecule has 1 heterocycles. The van der Waals surface area contributed by atoms with Crippen molar-refractivity contribution in [1.82, 2.24) is 9.88 Å². The average Bonchev–Trinajstić information content (AvgIpc) is 2.97. The van der Waals surface area contributed by atoms with Gasteiger partial charge in [0, 0.05) is 11.7 Å². The first-order chi connectivity index (χ1) is 10.0. The minimum absolute atomic E-state index is 0.0490. The molecular weight excluding hydrogens is 268 g/mol. The Morgan fingerprint density at radius 3 is 2.67 bits per heavy atom. The Balaban J connectivity index is 2.28. The largest absolute Gasteiger partial charge is 0.409 e. The molecule has 0 radical (unpaired) electrons. The van der Waals surface area contributed by atoms with Crippen LogP contribution >= 0.6 is 0 Å². The summed E-state index contributed by atoms with van der Waals surface area (Å²) in [4.78, 5) is 18.9. The maximum absolute atomic E-state index is 12.8. The van der Waals surface area contributed by atoms with E-state index in [1.807, 2.05) is 19.9 Å². The highest BCUT2D eigenvalue weighted by Gasteiger charge is 2.29.